The SMILES string of the molecule is CC(C)(C)OC(=O)Nc1cccc(C(=O)N2CCC(Cc3ccccc3)CC2)c1. The Morgan fingerprint density at radius 2 is 1.72 bits per heavy atom. The van der Waals surface area contributed by atoms with Crippen LogP contribution in [0.3, 0.4) is 0 Å². The number of amides is 2. The number of benzene rings is 2. The van der Waals surface area contributed by atoms with Gasteiger partial charge in [0, 0.05) is 24.3 Å². The number of anilines is 1. The zero-order valence-corrected chi connectivity index (χ0v) is 17.5. The second-order valence-electron chi connectivity index (χ2n) is 8.63. The quantitative estimate of drug-likeness (QED) is 0.782. The predicted octanol–water partition coefficient (Wildman–Crippen LogP) is 5.13. The monoisotopic (exact) mass is 394 g/mol. The molecular weight excluding hydrogens is 364 g/mol. The first-order valence-electron chi connectivity index (χ1n) is 10.2. The van der Waals surface area contributed by atoms with Gasteiger partial charge in [-0.15, -0.1) is 0 Å². The average Bonchev–Trinajstić information content (AvgIpc) is 2.67. The van der Waals surface area contributed by atoms with Gasteiger partial charge in [0.2, 0.25) is 0 Å². The Bertz CT molecular complexity index is 835. The minimum absolute atomic E-state index is 0.0102. The lowest BCUT2D eigenvalue weighted by Crippen LogP contribution is -2.39. The van der Waals surface area contributed by atoms with Crippen molar-refractivity contribution in [3.05, 3.63) is 65.7 Å². The van der Waals surface area contributed by atoms with Crippen molar-refractivity contribution in [2.75, 3.05) is 18.4 Å². The average molecular weight is 395 g/mol. The van der Waals surface area contributed by atoms with Crippen LogP contribution in [0.2, 0.25) is 0 Å². The first-order chi connectivity index (χ1) is 13.8. The second-order valence-corrected chi connectivity index (χ2v) is 8.63. The summed E-state index contributed by atoms with van der Waals surface area (Å²) in [5.74, 6) is 0.623. The number of carbonyl (C=O) groups excluding carboxylic acids is 2. The van der Waals surface area contributed by atoms with E-state index in [0.717, 1.165) is 32.4 Å². The molecule has 0 unspecified atom stereocenters. The van der Waals surface area contributed by atoms with E-state index in [1.165, 1.54) is 5.56 Å². The van der Waals surface area contributed by atoms with Crippen LogP contribution in [0.4, 0.5) is 10.5 Å². The standard InChI is InChI=1S/C24H30N2O3/c1-24(2,3)29-23(28)25-21-11-7-10-20(17-21)22(27)26-14-12-19(13-15-26)16-18-8-5-4-6-9-18/h4-11,17,19H,12-16H2,1-3H3,(H,25,28). The molecular formula is C24H30N2O3. The Morgan fingerprint density at radius 1 is 1.03 bits per heavy atom. The van der Waals surface area contributed by atoms with E-state index in [1.54, 1.807) is 24.3 Å². The van der Waals surface area contributed by atoms with E-state index in [0.29, 0.717) is 17.2 Å². The Kier molecular flexibility index (Phi) is 6.57. The van der Waals surface area contributed by atoms with Crippen LogP contribution >= 0.6 is 0 Å². The van der Waals surface area contributed by atoms with Gasteiger partial charge in [-0.1, -0.05) is 36.4 Å². The van der Waals surface area contributed by atoms with Gasteiger partial charge in [0.1, 0.15) is 5.60 Å². The molecule has 154 valence electrons. The van der Waals surface area contributed by atoms with Crippen molar-refractivity contribution in [2.24, 2.45) is 5.92 Å². The van der Waals surface area contributed by atoms with Gasteiger partial charge >= 0.3 is 6.09 Å². The van der Waals surface area contributed by atoms with Crippen LogP contribution in [0, 0.1) is 5.92 Å². The summed E-state index contributed by atoms with van der Waals surface area (Å²) in [4.78, 5) is 26.8. The summed E-state index contributed by atoms with van der Waals surface area (Å²) in [7, 11) is 0. The van der Waals surface area contributed by atoms with E-state index in [2.05, 4.69) is 29.6 Å². The fraction of sp³-hybridized carbons (Fsp3) is 0.417. The number of hydrogen-bond donors (Lipinski definition) is 1. The molecule has 3 rings (SSSR count). The molecule has 2 amide bonds. The molecule has 1 aliphatic heterocycles. The maximum Gasteiger partial charge on any atom is 0.412 e. The zero-order chi connectivity index (χ0) is 20.9. The van der Waals surface area contributed by atoms with E-state index in [9.17, 15) is 9.59 Å². The first-order valence-corrected chi connectivity index (χ1v) is 10.2. The smallest absolute Gasteiger partial charge is 0.412 e. The van der Waals surface area contributed by atoms with Crippen LogP contribution in [0.25, 0.3) is 0 Å². The summed E-state index contributed by atoms with van der Waals surface area (Å²) in [6.07, 6.45) is 2.56. The molecule has 1 saturated heterocycles. The molecule has 0 aromatic heterocycles. The molecule has 1 N–H and O–H groups in total. The first kappa shape index (κ1) is 20.9. The number of likely N-dealkylation sites (tertiary alicyclic amines) is 1. The number of nitrogens with one attached hydrogen (secondary N) is 1. The summed E-state index contributed by atoms with van der Waals surface area (Å²) in [6, 6.07) is 17.6. The van der Waals surface area contributed by atoms with Gasteiger partial charge in [0.05, 0.1) is 0 Å². The third-order valence-corrected chi connectivity index (χ3v) is 5.02. The zero-order valence-electron chi connectivity index (χ0n) is 17.5. The van der Waals surface area contributed by atoms with E-state index in [1.807, 2.05) is 31.7 Å². The molecule has 0 saturated carbocycles. The third kappa shape index (κ3) is 6.34. The molecule has 1 fully saturated rings. The number of ether oxygens (including phenoxy) is 1. The number of hydrogen-bond acceptors (Lipinski definition) is 3. The van der Waals surface area contributed by atoms with Crippen LogP contribution in [0.15, 0.2) is 54.6 Å². The topological polar surface area (TPSA) is 58.6 Å². The van der Waals surface area contributed by atoms with Crippen molar-refractivity contribution < 1.29 is 14.3 Å². The van der Waals surface area contributed by atoms with E-state index in [4.69, 9.17) is 4.74 Å². The van der Waals surface area contributed by atoms with Gasteiger partial charge in [-0.3, -0.25) is 10.1 Å². The molecule has 0 atom stereocenters. The number of rotatable bonds is 4. The summed E-state index contributed by atoms with van der Waals surface area (Å²) in [5.41, 5.74) is 1.93. The van der Waals surface area contributed by atoms with Crippen LogP contribution < -0.4 is 5.32 Å². The van der Waals surface area contributed by atoms with Crippen molar-refractivity contribution in [3.8, 4) is 0 Å². The van der Waals surface area contributed by atoms with Crippen LogP contribution in [-0.2, 0) is 11.2 Å². The normalized spacial score (nSPS) is 15.1. The maximum absolute atomic E-state index is 12.9. The molecule has 0 bridgehead atoms. The molecule has 0 spiro atoms. The van der Waals surface area contributed by atoms with Gasteiger partial charge in [-0.2, -0.15) is 0 Å². The number of piperidine rings is 1. The van der Waals surface area contributed by atoms with Crippen molar-refractivity contribution in [1.29, 1.82) is 0 Å². The van der Waals surface area contributed by atoms with Gasteiger partial charge in [-0.25, -0.2) is 4.79 Å². The lowest BCUT2D eigenvalue weighted by molar-refractivity contribution is 0.0633. The Morgan fingerprint density at radius 3 is 2.38 bits per heavy atom. The summed E-state index contributed by atoms with van der Waals surface area (Å²) < 4.78 is 5.27. The van der Waals surface area contributed by atoms with E-state index < -0.39 is 11.7 Å². The van der Waals surface area contributed by atoms with E-state index in [-0.39, 0.29) is 5.91 Å². The number of nitrogens with zero attached hydrogens (tertiary/aromatic N) is 1. The molecule has 1 heterocycles. The molecule has 5 nitrogen and oxygen atoms in total. The third-order valence-electron chi connectivity index (χ3n) is 5.02. The second kappa shape index (κ2) is 9.12. The molecule has 2 aromatic carbocycles. The van der Waals surface area contributed by atoms with Crippen LogP contribution in [-0.4, -0.2) is 35.6 Å². The predicted molar refractivity (Wildman–Crippen MR) is 115 cm³/mol. The van der Waals surface area contributed by atoms with Gasteiger partial charge < -0.3 is 9.64 Å². The molecule has 0 aliphatic carbocycles. The number of carbonyl (C=O) groups is 2. The Balaban J connectivity index is 1.55. The fourth-order valence-electron chi connectivity index (χ4n) is 3.62. The highest BCUT2D eigenvalue weighted by atomic mass is 16.6. The summed E-state index contributed by atoms with van der Waals surface area (Å²) in [6.45, 7) is 6.97. The molecule has 0 radical (unpaired) electrons. The van der Waals surface area contributed by atoms with Crippen LogP contribution in [0.1, 0.15) is 49.5 Å². The summed E-state index contributed by atoms with van der Waals surface area (Å²) >= 11 is 0. The Hall–Kier alpha value is -2.82. The van der Waals surface area contributed by atoms with Gasteiger partial charge in [0.25, 0.3) is 5.91 Å². The highest BCUT2D eigenvalue weighted by Crippen LogP contribution is 2.23. The van der Waals surface area contributed by atoms with E-state index >= 15 is 0 Å². The molecule has 1 aliphatic rings. The van der Waals surface area contributed by atoms with Crippen molar-refractivity contribution in [2.45, 2.75) is 45.6 Å². The van der Waals surface area contributed by atoms with Crippen molar-refractivity contribution in [3.63, 3.8) is 0 Å². The lowest BCUT2D eigenvalue weighted by atomic mass is 9.90. The lowest BCUT2D eigenvalue weighted by Gasteiger charge is -2.32. The maximum atomic E-state index is 12.9. The Labute approximate surface area is 173 Å². The highest BCUT2D eigenvalue weighted by Gasteiger charge is 2.24. The van der Waals surface area contributed by atoms with Gasteiger partial charge in [-0.05, 0) is 69.7 Å². The molecule has 5 heteroatoms. The van der Waals surface area contributed by atoms with Crippen molar-refractivity contribution >= 4 is 17.7 Å². The minimum atomic E-state index is -0.568. The summed E-state index contributed by atoms with van der Waals surface area (Å²) in [5, 5.41) is 2.70. The van der Waals surface area contributed by atoms with Gasteiger partial charge in [0.15, 0.2) is 0 Å². The largest absolute Gasteiger partial charge is 0.444 e. The fourth-order valence-corrected chi connectivity index (χ4v) is 3.62. The minimum Gasteiger partial charge on any atom is -0.444 e. The molecule has 29 heavy (non-hydrogen) atoms. The van der Waals surface area contributed by atoms with Crippen molar-refractivity contribution in [1.82, 2.24) is 4.90 Å². The highest BCUT2D eigenvalue weighted by molar-refractivity contribution is 5.96. The van der Waals surface area contributed by atoms with Crippen LogP contribution in [0.5, 0.6) is 0 Å². The molecule has 2 aromatic rings.